The number of sulfone groups is 1. The van der Waals surface area contributed by atoms with E-state index in [0.29, 0.717) is 17.5 Å². The molecule has 1 saturated carbocycles. The van der Waals surface area contributed by atoms with Crippen molar-refractivity contribution in [2.24, 2.45) is 0 Å². The Morgan fingerprint density at radius 1 is 1.29 bits per heavy atom. The summed E-state index contributed by atoms with van der Waals surface area (Å²) in [5.74, 6) is 0.636. The van der Waals surface area contributed by atoms with E-state index in [1.165, 1.54) is 25.7 Å². The van der Waals surface area contributed by atoms with Gasteiger partial charge in [0.2, 0.25) is 0 Å². The van der Waals surface area contributed by atoms with Gasteiger partial charge in [-0.3, -0.25) is 0 Å². The van der Waals surface area contributed by atoms with Crippen LogP contribution < -0.4 is 0 Å². The van der Waals surface area contributed by atoms with E-state index in [-0.39, 0.29) is 11.0 Å². The average molecular weight is 312 g/mol. The topological polar surface area (TPSA) is 63.4 Å². The van der Waals surface area contributed by atoms with E-state index < -0.39 is 9.84 Å². The van der Waals surface area contributed by atoms with Crippen molar-refractivity contribution in [2.45, 2.75) is 62.5 Å². The number of rotatable bonds is 4. The smallest absolute Gasteiger partial charge is 0.181 e. The number of likely N-dealkylation sites (tertiary alicyclic amines) is 1. The summed E-state index contributed by atoms with van der Waals surface area (Å²) in [4.78, 5) is 6.53. The quantitative estimate of drug-likeness (QED) is 0.853. The molecule has 1 aromatic rings. The molecule has 0 amide bonds. The average Bonchev–Trinajstić information content (AvgIpc) is 3.10. The Bertz CT molecular complexity index is 575. The molecule has 0 radical (unpaired) electrons. The standard InChI is InChI=1S/C15H24N2O3S/c1-12-15(16-11-20-12)10-21(18,19)14-6-5-13(9-14)17-7-3-2-4-8-17/h11,13-14H,2-10H2,1H3/t13-,14-/m0/s1. The highest BCUT2D eigenvalue weighted by atomic mass is 32.2. The fraction of sp³-hybridized carbons (Fsp3) is 0.800. The van der Waals surface area contributed by atoms with Crippen LogP contribution in [0.3, 0.4) is 0 Å². The summed E-state index contributed by atoms with van der Waals surface area (Å²) in [6.45, 7) is 4.04. The molecule has 1 aromatic heterocycles. The van der Waals surface area contributed by atoms with Crippen molar-refractivity contribution in [2.75, 3.05) is 13.1 Å². The van der Waals surface area contributed by atoms with Crippen molar-refractivity contribution in [1.29, 1.82) is 0 Å². The molecule has 0 unspecified atom stereocenters. The zero-order valence-corrected chi connectivity index (χ0v) is 13.4. The van der Waals surface area contributed by atoms with Crippen LogP contribution >= 0.6 is 0 Å². The van der Waals surface area contributed by atoms with Gasteiger partial charge in [-0.1, -0.05) is 6.42 Å². The van der Waals surface area contributed by atoms with Crippen molar-refractivity contribution in [3.05, 3.63) is 17.8 Å². The number of oxazole rings is 1. The second-order valence-corrected chi connectivity index (χ2v) is 8.63. The van der Waals surface area contributed by atoms with Crippen LogP contribution in [0.5, 0.6) is 0 Å². The Morgan fingerprint density at radius 2 is 2.05 bits per heavy atom. The van der Waals surface area contributed by atoms with Gasteiger partial charge in [-0.2, -0.15) is 0 Å². The van der Waals surface area contributed by atoms with Crippen LogP contribution in [0.15, 0.2) is 10.8 Å². The first kappa shape index (κ1) is 15.0. The van der Waals surface area contributed by atoms with Gasteiger partial charge in [0.25, 0.3) is 0 Å². The number of piperidine rings is 1. The Labute approximate surface area is 126 Å². The third-order valence-electron chi connectivity index (χ3n) is 4.95. The number of hydrogen-bond donors (Lipinski definition) is 0. The van der Waals surface area contributed by atoms with Gasteiger partial charge in [-0.25, -0.2) is 13.4 Å². The number of aromatic nitrogens is 1. The molecule has 2 atom stereocenters. The molecular weight excluding hydrogens is 288 g/mol. The second kappa shape index (κ2) is 6.08. The number of aryl methyl sites for hydroxylation is 1. The molecule has 0 aromatic carbocycles. The zero-order chi connectivity index (χ0) is 14.9. The highest BCUT2D eigenvalue weighted by Gasteiger charge is 2.37. The zero-order valence-electron chi connectivity index (χ0n) is 12.6. The number of nitrogens with zero attached hydrogens (tertiary/aromatic N) is 2. The van der Waals surface area contributed by atoms with E-state index in [0.717, 1.165) is 32.4 Å². The molecule has 1 aliphatic carbocycles. The van der Waals surface area contributed by atoms with Gasteiger partial charge in [0, 0.05) is 6.04 Å². The molecule has 1 saturated heterocycles. The van der Waals surface area contributed by atoms with E-state index in [9.17, 15) is 8.42 Å². The Hall–Kier alpha value is -0.880. The van der Waals surface area contributed by atoms with Crippen LogP contribution in [0, 0.1) is 6.92 Å². The molecule has 2 fully saturated rings. The second-order valence-electron chi connectivity index (χ2n) is 6.35. The third kappa shape index (κ3) is 3.31. The largest absolute Gasteiger partial charge is 0.448 e. The summed E-state index contributed by atoms with van der Waals surface area (Å²) >= 11 is 0. The molecule has 0 bridgehead atoms. The normalized spacial score (nSPS) is 28.0. The van der Waals surface area contributed by atoms with E-state index in [1.807, 2.05) is 0 Å². The monoisotopic (exact) mass is 312 g/mol. The van der Waals surface area contributed by atoms with Crippen molar-refractivity contribution in [1.82, 2.24) is 9.88 Å². The van der Waals surface area contributed by atoms with Crippen LogP contribution in [0.25, 0.3) is 0 Å². The van der Waals surface area contributed by atoms with Crippen molar-refractivity contribution in [3.8, 4) is 0 Å². The van der Waals surface area contributed by atoms with Crippen molar-refractivity contribution in [3.63, 3.8) is 0 Å². The van der Waals surface area contributed by atoms with E-state index in [4.69, 9.17) is 4.42 Å². The molecule has 6 heteroatoms. The van der Waals surface area contributed by atoms with Crippen LogP contribution in [-0.2, 0) is 15.6 Å². The van der Waals surface area contributed by atoms with Gasteiger partial charge in [-0.05, 0) is 52.1 Å². The third-order valence-corrected chi connectivity index (χ3v) is 7.07. The SMILES string of the molecule is Cc1ocnc1CS(=O)(=O)[C@H]1CC[C@H](N2CCCCC2)C1. The summed E-state index contributed by atoms with van der Waals surface area (Å²) in [7, 11) is -3.13. The van der Waals surface area contributed by atoms with Gasteiger partial charge >= 0.3 is 0 Å². The lowest BCUT2D eigenvalue weighted by Crippen LogP contribution is -2.38. The van der Waals surface area contributed by atoms with Gasteiger partial charge in [-0.15, -0.1) is 0 Å². The molecule has 2 heterocycles. The summed E-state index contributed by atoms with van der Waals surface area (Å²) in [5.41, 5.74) is 0.566. The lowest BCUT2D eigenvalue weighted by atomic mass is 10.1. The maximum Gasteiger partial charge on any atom is 0.181 e. The minimum Gasteiger partial charge on any atom is -0.448 e. The van der Waals surface area contributed by atoms with Crippen molar-refractivity contribution >= 4 is 9.84 Å². The molecular formula is C15H24N2O3S. The van der Waals surface area contributed by atoms with E-state index >= 15 is 0 Å². The molecule has 0 N–H and O–H groups in total. The van der Waals surface area contributed by atoms with Gasteiger partial charge in [0.05, 0.1) is 16.7 Å². The lowest BCUT2D eigenvalue weighted by Gasteiger charge is -2.32. The van der Waals surface area contributed by atoms with Gasteiger partial charge in [0.1, 0.15) is 5.76 Å². The minimum atomic E-state index is -3.13. The molecule has 5 nitrogen and oxygen atoms in total. The molecule has 2 aliphatic rings. The molecule has 21 heavy (non-hydrogen) atoms. The first-order valence-corrected chi connectivity index (χ1v) is 9.62. The first-order chi connectivity index (χ1) is 10.1. The highest BCUT2D eigenvalue weighted by Crippen LogP contribution is 2.32. The van der Waals surface area contributed by atoms with Crippen molar-refractivity contribution < 1.29 is 12.8 Å². The molecule has 1 aliphatic heterocycles. The fourth-order valence-electron chi connectivity index (χ4n) is 3.63. The summed E-state index contributed by atoms with van der Waals surface area (Å²) in [6, 6.07) is 0.462. The fourth-order valence-corrected chi connectivity index (χ4v) is 5.54. The molecule has 3 rings (SSSR count). The van der Waals surface area contributed by atoms with Crippen LogP contribution in [0.4, 0.5) is 0 Å². The number of hydrogen-bond acceptors (Lipinski definition) is 5. The Kier molecular flexibility index (Phi) is 4.36. The Balaban J connectivity index is 1.63. The summed E-state index contributed by atoms with van der Waals surface area (Å²) in [5, 5.41) is -0.208. The molecule has 118 valence electrons. The Morgan fingerprint density at radius 3 is 2.71 bits per heavy atom. The maximum atomic E-state index is 12.6. The summed E-state index contributed by atoms with van der Waals surface area (Å²) in [6.07, 6.45) is 7.75. The van der Waals surface area contributed by atoms with Crippen LogP contribution in [-0.4, -0.2) is 42.7 Å². The predicted molar refractivity (Wildman–Crippen MR) is 80.7 cm³/mol. The minimum absolute atomic E-state index is 0.0206. The molecule has 0 spiro atoms. The maximum absolute atomic E-state index is 12.6. The highest BCUT2D eigenvalue weighted by molar-refractivity contribution is 7.91. The summed E-state index contributed by atoms with van der Waals surface area (Å²) < 4.78 is 30.3. The van der Waals surface area contributed by atoms with Crippen LogP contribution in [0.1, 0.15) is 50.0 Å². The van der Waals surface area contributed by atoms with E-state index in [2.05, 4.69) is 9.88 Å². The predicted octanol–water partition coefficient (Wildman–Crippen LogP) is 2.30. The van der Waals surface area contributed by atoms with Crippen LogP contribution in [0.2, 0.25) is 0 Å². The van der Waals surface area contributed by atoms with Gasteiger partial charge in [0.15, 0.2) is 16.2 Å². The lowest BCUT2D eigenvalue weighted by molar-refractivity contribution is 0.165. The van der Waals surface area contributed by atoms with Gasteiger partial charge < -0.3 is 9.32 Å². The first-order valence-electron chi connectivity index (χ1n) is 7.91. The van der Waals surface area contributed by atoms with E-state index in [1.54, 1.807) is 6.92 Å².